The van der Waals surface area contributed by atoms with E-state index >= 15 is 0 Å². The summed E-state index contributed by atoms with van der Waals surface area (Å²) in [6.45, 7) is 5.92. The molecular formula is C17H36O9S3. The molecule has 9 nitrogen and oxygen atoms in total. The molecule has 0 saturated heterocycles. The first kappa shape index (κ1) is 35.8. The van der Waals surface area contributed by atoms with E-state index in [0.717, 1.165) is 0 Å². The lowest BCUT2D eigenvalue weighted by atomic mass is 9.95. The summed E-state index contributed by atoms with van der Waals surface area (Å²) in [4.78, 5) is 29.6. The van der Waals surface area contributed by atoms with E-state index < -0.39 is 23.3 Å². The SMILES string of the molecule is CC(CO)(CO)CO.CC(CS)C(=O)O.CC(CS)C(=O)O.CC(CS)C(=O)O. The number of carbonyl (C=O) groups is 3. The molecule has 0 bridgehead atoms. The fraction of sp³-hybridized carbons (Fsp3) is 0.824. The Morgan fingerprint density at radius 1 is 0.655 bits per heavy atom. The normalized spacial score (nSPS) is 13.0. The van der Waals surface area contributed by atoms with E-state index in [4.69, 9.17) is 30.6 Å². The number of hydrogen-bond acceptors (Lipinski definition) is 9. The van der Waals surface area contributed by atoms with E-state index in [9.17, 15) is 14.4 Å². The molecular weight excluding hydrogens is 444 g/mol. The van der Waals surface area contributed by atoms with Gasteiger partial charge in [-0.3, -0.25) is 14.4 Å². The highest BCUT2D eigenvalue weighted by Crippen LogP contribution is 2.11. The maximum absolute atomic E-state index is 9.88. The molecule has 0 spiro atoms. The van der Waals surface area contributed by atoms with E-state index in [1.165, 1.54) is 0 Å². The second-order valence-electron chi connectivity index (χ2n) is 6.55. The maximum atomic E-state index is 9.88. The van der Waals surface area contributed by atoms with Gasteiger partial charge in [-0.15, -0.1) is 0 Å². The van der Waals surface area contributed by atoms with Crippen molar-refractivity contribution in [3.63, 3.8) is 0 Å². The van der Waals surface area contributed by atoms with Crippen molar-refractivity contribution in [1.29, 1.82) is 0 Å². The predicted molar refractivity (Wildman–Crippen MR) is 121 cm³/mol. The summed E-state index contributed by atoms with van der Waals surface area (Å²) in [5, 5.41) is 49.8. The van der Waals surface area contributed by atoms with Crippen molar-refractivity contribution in [2.45, 2.75) is 27.7 Å². The van der Waals surface area contributed by atoms with Gasteiger partial charge in [0.25, 0.3) is 0 Å². The number of aliphatic carboxylic acids is 3. The lowest BCUT2D eigenvalue weighted by molar-refractivity contribution is -0.141. The van der Waals surface area contributed by atoms with Crippen LogP contribution in [-0.4, -0.2) is 85.6 Å². The zero-order chi connectivity index (χ0) is 24.2. The summed E-state index contributed by atoms with van der Waals surface area (Å²) in [5.41, 5.74) is -0.708. The van der Waals surface area contributed by atoms with Crippen LogP contribution in [0, 0.1) is 23.2 Å². The lowest BCUT2D eigenvalue weighted by Gasteiger charge is -2.20. The van der Waals surface area contributed by atoms with Gasteiger partial charge >= 0.3 is 17.9 Å². The van der Waals surface area contributed by atoms with Gasteiger partial charge in [-0.05, 0) is 0 Å². The van der Waals surface area contributed by atoms with Gasteiger partial charge < -0.3 is 30.6 Å². The number of aliphatic hydroxyl groups is 3. The monoisotopic (exact) mass is 480 g/mol. The molecule has 0 heterocycles. The first-order valence-electron chi connectivity index (χ1n) is 8.56. The van der Waals surface area contributed by atoms with Gasteiger partial charge in [0, 0.05) is 22.7 Å². The quantitative estimate of drug-likeness (QED) is 0.217. The topological polar surface area (TPSA) is 173 Å². The third-order valence-electron chi connectivity index (χ3n) is 3.23. The van der Waals surface area contributed by atoms with E-state index in [1.54, 1.807) is 27.7 Å². The molecule has 0 radical (unpaired) electrons. The number of hydrogen-bond donors (Lipinski definition) is 9. The minimum absolute atomic E-state index is 0.181. The molecule has 29 heavy (non-hydrogen) atoms. The van der Waals surface area contributed by atoms with E-state index in [-0.39, 0.29) is 37.6 Å². The summed E-state index contributed by atoms with van der Waals surface area (Å²) in [6.07, 6.45) is 0. The molecule has 0 aliphatic carbocycles. The van der Waals surface area contributed by atoms with E-state index in [0.29, 0.717) is 17.3 Å². The third kappa shape index (κ3) is 25.3. The van der Waals surface area contributed by atoms with Gasteiger partial charge in [-0.1, -0.05) is 27.7 Å². The molecule has 176 valence electrons. The number of carboxylic acids is 3. The molecule has 3 unspecified atom stereocenters. The summed E-state index contributed by atoms with van der Waals surface area (Å²) < 4.78 is 0. The predicted octanol–water partition coefficient (Wildman–Crippen LogP) is 0.880. The van der Waals surface area contributed by atoms with Gasteiger partial charge in [0.2, 0.25) is 0 Å². The van der Waals surface area contributed by atoms with Crippen LogP contribution in [0.3, 0.4) is 0 Å². The lowest BCUT2D eigenvalue weighted by Crippen LogP contribution is -2.29. The minimum Gasteiger partial charge on any atom is -0.481 e. The molecule has 12 heteroatoms. The molecule has 3 atom stereocenters. The summed E-state index contributed by atoms with van der Waals surface area (Å²) in [6, 6.07) is 0. The van der Waals surface area contributed by atoms with Crippen molar-refractivity contribution < 1.29 is 45.0 Å². The van der Waals surface area contributed by atoms with Gasteiger partial charge in [-0.2, -0.15) is 37.9 Å². The molecule has 0 rings (SSSR count). The van der Waals surface area contributed by atoms with Crippen molar-refractivity contribution >= 4 is 55.8 Å². The second-order valence-corrected chi connectivity index (χ2v) is 7.65. The summed E-state index contributed by atoms with van der Waals surface area (Å²) >= 11 is 11.3. The standard InChI is InChI=1S/C5H12O3.3C4H8O2S/c1-5(2-6,3-7)4-8;3*1-3(2-7)4(5)6/h6-8H,2-4H2,1H3;3*3,7H,2H2,1H3,(H,5,6). The van der Waals surface area contributed by atoms with Crippen molar-refractivity contribution in [2.75, 3.05) is 37.1 Å². The van der Waals surface area contributed by atoms with Crippen LogP contribution in [0.15, 0.2) is 0 Å². The maximum Gasteiger partial charge on any atom is 0.307 e. The zero-order valence-electron chi connectivity index (χ0n) is 17.2. The van der Waals surface area contributed by atoms with Crippen molar-refractivity contribution in [2.24, 2.45) is 23.2 Å². The molecule has 0 aliphatic heterocycles. The van der Waals surface area contributed by atoms with Crippen molar-refractivity contribution in [3.05, 3.63) is 0 Å². The van der Waals surface area contributed by atoms with Gasteiger partial charge in [0.15, 0.2) is 0 Å². The molecule has 0 aliphatic rings. The second kappa shape index (κ2) is 22.0. The Kier molecular flexibility index (Phi) is 27.2. The Bertz CT molecular complexity index is 377. The van der Waals surface area contributed by atoms with Crippen molar-refractivity contribution in [1.82, 2.24) is 0 Å². The Morgan fingerprint density at radius 2 is 0.828 bits per heavy atom. The number of rotatable bonds is 9. The van der Waals surface area contributed by atoms with Gasteiger partial charge in [0.1, 0.15) is 0 Å². The van der Waals surface area contributed by atoms with Crippen LogP contribution in [-0.2, 0) is 14.4 Å². The van der Waals surface area contributed by atoms with Crippen molar-refractivity contribution in [3.8, 4) is 0 Å². The van der Waals surface area contributed by atoms with Crippen LogP contribution in [0.1, 0.15) is 27.7 Å². The first-order chi connectivity index (χ1) is 13.2. The Balaban J connectivity index is -0.000000144. The third-order valence-corrected chi connectivity index (χ3v) is 4.87. The molecule has 0 aromatic heterocycles. The smallest absolute Gasteiger partial charge is 0.307 e. The fourth-order valence-electron chi connectivity index (χ4n) is 0.384. The Hall–Kier alpha value is -0.660. The number of aliphatic hydroxyl groups excluding tert-OH is 3. The fourth-order valence-corrected chi connectivity index (χ4v) is 0.853. The van der Waals surface area contributed by atoms with Crippen LogP contribution in [0.2, 0.25) is 0 Å². The van der Waals surface area contributed by atoms with Crippen LogP contribution in [0.5, 0.6) is 0 Å². The molecule has 0 fully saturated rings. The zero-order valence-corrected chi connectivity index (χ0v) is 19.9. The molecule has 0 aromatic rings. The molecule has 0 amide bonds. The molecule has 0 saturated carbocycles. The summed E-state index contributed by atoms with van der Waals surface area (Å²) in [7, 11) is 0. The van der Waals surface area contributed by atoms with Gasteiger partial charge in [-0.25, -0.2) is 0 Å². The first-order valence-corrected chi connectivity index (χ1v) is 10.5. The van der Waals surface area contributed by atoms with Crippen LogP contribution in [0.25, 0.3) is 0 Å². The average Bonchev–Trinajstić information content (AvgIpc) is 2.72. The Morgan fingerprint density at radius 3 is 0.828 bits per heavy atom. The largest absolute Gasteiger partial charge is 0.481 e. The van der Waals surface area contributed by atoms with E-state index in [1.807, 2.05) is 0 Å². The van der Waals surface area contributed by atoms with Crippen LogP contribution < -0.4 is 0 Å². The Labute approximate surface area is 188 Å². The summed E-state index contributed by atoms with van der Waals surface area (Å²) in [5.74, 6) is -2.06. The average molecular weight is 481 g/mol. The molecule has 0 aromatic carbocycles. The minimum atomic E-state index is -0.782. The van der Waals surface area contributed by atoms with E-state index in [2.05, 4.69) is 37.9 Å². The van der Waals surface area contributed by atoms with Crippen LogP contribution in [0.4, 0.5) is 0 Å². The molecule has 6 N–H and O–H groups in total. The van der Waals surface area contributed by atoms with Gasteiger partial charge in [0.05, 0.1) is 37.6 Å². The highest BCUT2D eigenvalue weighted by molar-refractivity contribution is 7.80. The van der Waals surface area contributed by atoms with Crippen LogP contribution >= 0.6 is 37.9 Å². The highest BCUT2D eigenvalue weighted by atomic mass is 32.1. The number of carboxylic acid groups (broad SMARTS) is 3. The highest BCUT2D eigenvalue weighted by Gasteiger charge is 2.20. The number of thiol groups is 3.